The number of aromatic nitrogens is 5. The molecule has 0 fully saturated rings. The summed E-state index contributed by atoms with van der Waals surface area (Å²) in [5.41, 5.74) is 5.23. The maximum Gasteiger partial charge on any atom is 0.265 e. The van der Waals surface area contributed by atoms with E-state index < -0.39 is 0 Å². The Morgan fingerprint density at radius 1 is 1.10 bits per heavy atom. The van der Waals surface area contributed by atoms with E-state index in [0.717, 1.165) is 36.1 Å². The number of hydrogen-bond donors (Lipinski definition) is 0. The lowest BCUT2D eigenvalue weighted by atomic mass is 9.97. The van der Waals surface area contributed by atoms with Crippen molar-refractivity contribution in [3.8, 4) is 0 Å². The van der Waals surface area contributed by atoms with Crippen LogP contribution in [0.2, 0.25) is 0 Å². The van der Waals surface area contributed by atoms with Crippen molar-refractivity contribution in [2.75, 3.05) is 0 Å². The van der Waals surface area contributed by atoms with Crippen LogP contribution in [-0.2, 0) is 6.54 Å². The highest BCUT2D eigenvalue weighted by molar-refractivity contribution is 6.04. The van der Waals surface area contributed by atoms with Gasteiger partial charge in [-0.25, -0.2) is 15.0 Å². The molecular weight excluding hydrogens is 374 g/mol. The van der Waals surface area contributed by atoms with E-state index in [1.54, 1.807) is 10.9 Å². The first-order chi connectivity index (χ1) is 14.7. The lowest BCUT2D eigenvalue weighted by Gasteiger charge is -2.14. The van der Waals surface area contributed by atoms with Crippen LogP contribution >= 0.6 is 0 Å². The van der Waals surface area contributed by atoms with E-state index in [1.807, 2.05) is 31.2 Å². The molecule has 0 spiro atoms. The van der Waals surface area contributed by atoms with Crippen molar-refractivity contribution in [1.29, 1.82) is 0 Å². The predicted octanol–water partition coefficient (Wildman–Crippen LogP) is 5.16. The second kappa shape index (κ2) is 7.67. The summed E-state index contributed by atoms with van der Waals surface area (Å²) in [7, 11) is 0. The van der Waals surface area contributed by atoms with Gasteiger partial charge >= 0.3 is 0 Å². The van der Waals surface area contributed by atoms with Gasteiger partial charge in [0, 0.05) is 12.6 Å². The summed E-state index contributed by atoms with van der Waals surface area (Å²) in [6.45, 7) is 4.89. The lowest BCUT2D eigenvalue weighted by Crippen LogP contribution is -2.23. The summed E-state index contributed by atoms with van der Waals surface area (Å²) >= 11 is 0. The molecule has 1 unspecified atom stereocenters. The molecule has 1 aromatic carbocycles. The zero-order chi connectivity index (χ0) is 20.7. The molecule has 0 N–H and O–H groups in total. The topological polar surface area (TPSA) is 65.6 Å². The molecule has 0 saturated heterocycles. The predicted molar refractivity (Wildman–Crippen MR) is 121 cm³/mol. The average Bonchev–Trinajstić information content (AvgIpc) is 3.09. The summed E-state index contributed by atoms with van der Waals surface area (Å²) in [5.74, 6) is 0. The summed E-state index contributed by atoms with van der Waals surface area (Å²) < 4.78 is 3.83. The van der Waals surface area contributed by atoms with Gasteiger partial charge in [0.05, 0.1) is 11.0 Å². The van der Waals surface area contributed by atoms with Crippen molar-refractivity contribution in [2.24, 2.45) is 0 Å². The van der Waals surface area contributed by atoms with E-state index in [2.05, 4.69) is 17.6 Å². The molecule has 0 saturated carbocycles. The molecule has 0 amide bonds. The highest BCUT2D eigenvalue weighted by Gasteiger charge is 2.21. The molecule has 4 aromatic rings. The molecule has 6 nitrogen and oxygen atoms in total. The van der Waals surface area contributed by atoms with E-state index in [9.17, 15) is 4.79 Å². The van der Waals surface area contributed by atoms with Crippen molar-refractivity contribution in [1.82, 2.24) is 24.1 Å². The Labute approximate surface area is 175 Å². The number of aryl methyl sites for hydroxylation is 1. The van der Waals surface area contributed by atoms with E-state index >= 15 is 0 Å². The first kappa shape index (κ1) is 19.0. The van der Waals surface area contributed by atoms with E-state index in [-0.39, 0.29) is 11.6 Å². The van der Waals surface area contributed by atoms with Crippen LogP contribution in [-0.4, -0.2) is 24.1 Å². The van der Waals surface area contributed by atoms with Gasteiger partial charge in [0.1, 0.15) is 17.2 Å². The monoisotopic (exact) mass is 401 g/mol. The Morgan fingerprint density at radius 2 is 1.90 bits per heavy atom. The molecule has 1 atom stereocenters. The molecule has 3 aromatic heterocycles. The van der Waals surface area contributed by atoms with Gasteiger partial charge in [-0.3, -0.25) is 9.36 Å². The lowest BCUT2D eigenvalue weighted by molar-refractivity contribution is 0.510. The van der Waals surface area contributed by atoms with Crippen molar-refractivity contribution in [2.45, 2.75) is 65.0 Å². The SMILES string of the molecule is CCC(C)n1cnc2c(c1=O)c1nc3ccccc3nc1n2CCC1=CCCCC1. The minimum absolute atomic E-state index is 0.0282. The number of hydrogen-bond acceptors (Lipinski definition) is 4. The number of benzene rings is 1. The van der Waals surface area contributed by atoms with Crippen LogP contribution in [0.15, 0.2) is 47.0 Å². The molecule has 30 heavy (non-hydrogen) atoms. The fourth-order valence-corrected chi connectivity index (χ4v) is 4.43. The van der Waals surface area contributed by atoms with Crippen molar-refractivity contribution in [3.63, 3.8) is 0 Å². The second-order valence-electron chi connectivity index (χ2n) is 8.31. The van der Waals surface area contributed by atoms with Crippen LogP contribution in [0.25, 0.3) is 33.2 Å². The van der Waals surface area contributed by atoms with E-state index in [1.165, 1.54) is 31.3 Å². The molecule has 0 aliphatic heterocycles. The molecule has 0 radical (unpaired) electrons. The molecule has 5 rings (SSSR count). The van der Waals surface area contributed by atoms with Gasteiger partial charge in [-0.15, -0.1) is 0 Å². The fourth-order valence-electron chi connectivity index (χ4n) is 4.43. The Balaban J connectivity index is 1.75. The minimum atomic E-state index is -0.0282. The van der Waals surface area contributed by atoms with Gasteiger partial charge in [-0.1, -0.05) is 30.7 Å². The summed E-state index contributed by atoms with van der Waals surface area (Å²) in [6.07, 6.45) is 10.8. The molecule has 6 heteroatoms. The van der Waals surface area contributed by atoms with Crippen LogP contribution in [0.1, 0.15) is 58.4 Å². The quantitative estimate of drug-likeness (QED) is 0.434. The molecule has 1 aliphatic rings. The highest BCUT2D eigenvalue weighted by Crippen LogP contribution is 2.27. The molecule has 154 valence electrons. The van der Waals surface area contributed by atoms with Gasteiger partial charge in [-0.2, -0.15) is 0 Å². The van der Waals surface area contributed by atoms with E-state index in [4.69, 9.17) is 15.0 Å². The number of allylic oxidation sites excluding steroid dienone is 2. The maximum atomic E-state index is 13.4. The van der Waals surface area contributed by atoms with Gasteiger partial charge < -0.3 is 4.57 Å². The van der Waals surface area contributed by atoms with E-state index in [0.29, 0.717) is 16.6 Å². The number of rotatable bonds is 5. The fraction of sp³-hybridized carbons (Fsp3) is 0.417. The largest absolute Gasteiger partial charge is 0.308 e. The van der Waals surface area contributed by atoms with Crippen LogP contribution in [0.3, 0.4) is 0 Å². The highest BCUT2D eigenvalue weighted by atomic mass is 16.1. The number of fused-ring (bicyclic) bond motifs is 4. The van der Waals surface area contributed by atoms with Crippen LogP contribution in [0, 0.1) is 0 Å². The Bertz CT molecular complexity index is 1330. The third-order valence-electron chi connectivity index (χ3n) is 6.38. The minimum Gasteiger partial charge on any atom is -0.308 e. The average molecular weight is 402 g/mol. The van der Waals surface area contributed by atoms with Crippen molar-refractivity contribution >= 4 is 33.2 Å². The Kier molecular flexibility index (Phi) is 4.85. The molecular formula is C24H27N5O. The molecule has 1 aliphatic carbocycles. The summed E-state index contributed by atoms with van der Waals surface area (Å²) in [4.78, 5) is 27.9. The Morgan fingerprint density at radius 3 is 2.63 bits per heavy atom. The van der Waals surface area contributed by atoms with Gasteiger partial charge in [-0.05, 0) is 57.6 Å². The first-order valence-electron chi connectivity index (χ1n) is 11.0. The second-order valence-corrected chi connectivity index (χ2v) is 8.31. The zero-order valence-electron chi connectivity index (χ0n) is 17.6. The normalized spacial score (nSPS) is 15.7. The summed E-state index contributed by atoms with van der Waals surface area (Å²) in [6, 6.07) is 7.93. The Hall–Kier alpha value is -3.02. The van der Waals surface area contributed by atoms with Crippen LogP contribution in [0.4, 0.5) is 0 Å². The smallest absolute Gasteiger partial charge is 0.265 e. The number of nitrogens with zero attached hydrogens (tertiary/aromatic N) is 5. The van der Waals surface area contributed by atoms with Crippen molar-refractivity contribution < 1.29 is 0 Å². The molecule has 0 bridgehead atoms. The van der Waals surface area contributed by atoms with Gasteiger partial charge in [0.15, 0.2) is 11.3 Å². The number of para-hydroxylation sites is 2. The molecule has 3 heterocycles. The standard InChI is InChI=1S/C24H27N5O/c1-3-16(2)29-15-25-22-20(24(29)30)21-23(27-19-12-8-7-11-18(19)26-21)28(22)14-13-17-9-5-4-6-10-17/h7-9,11-12,15-16H,3-6,10,13-14H2,1-2H3. The van der Waals surface area contributed by atoms with Gasteiger partial charge in [0.25, 0.3) is 5.56 Å². The summed E-state index contributed by atoms with van der Waals surface area (Å²) in [5, 5.41) is 0.587. The van der Waals surface area contributed by atoms with Crippen molar-refractivity contribution in [3.05, 3.63) is 52.6 Å². The first-order valence-corrected chi connectivity index (χ1v) is 11.0. The third-order valence-corrected chi connectivity index (χ3v) is 6.38. The van der Waals surface area contributed by atoms with Gasteiger partial charge in [0.2, 0.25) is 0 Å². The zero-order valence-corrected chi connectivity index (χ0v) is 17.6. The maximum absolute atomic E-state index is 13.4. The van der Waals surface area contributed by atoms with Crippen LogP contribution < -0.4 is 5.56 Å². The van der Waals surface area contributed by atoms with Crippen LogP contribution in [0.5, 0.6) is 0 Å². The third kappa shape index (κ3) is 3.11.